The van der Waals surface area contributed by atoms with E-state index in [-0.39, 0.29) is 17.3 Å². The molecule has 1 aliphatic rings. The zero-order chi connectivity index (χ0) is 15.6. The minimum Gasteiger partial charge on any atom is -0.465 e. The second-order valence-electron chi connectivity index (χ2n) is 5.72. The van der Waals surface area contributed by atoms with E-state index in [2.05, 4.69) is 10.1 Å². The van der Waals surface area contributed by atoms with Gasteiger partial charge in [-0.1, -0.05) is 0 Å². The van der Waals surface area contributed by atoms with Gasteiger partial charge in [-0.05, 0) is 38.8 Å². The maximum atomic E-state index is 14.0. The van der Waals surface area contributed by atoms with E-state index in [1.165, 1.54) is 12.1 Å². The van der Waals surface area contributed by atoms with Crippen LogP contribution in [0.3, 0.4) is 0 Å². The predicted octanol–water partition coefficient (Wildman–Crippen LogP) is 3.12. The maximum absolute atomic E-state index is 14.0. The van der Waals surface area contributed by atoms with Crippen LogP contribution >= 0.6 is 0 Å². The average molecular weight is 299 g/mol. The van der Waals surface area contributed by atoms with E-state index in [1.807, 2.05) is 13.8 Å². The molecule has 4 nitrogen and oxygen atoms in total. The monoisotopic (exact) mass is 299 g/mol. The molecular weight excluding hydrogens is 280 g/mol. The highest BCUT2D eigenvalue weighted by molar-refractivity contribution is 5.90. The summed E-state index contributed by atoms with van der Waals surface area (Å²) in [5.41, 5.74) is -0.660. The molecule has 1 fully saturated rings. The first kappa shape index (κ1) is 15.7. The molecule has 1 aromatic carbocycles. The standard InChI is InChI=1S/C15H19F2NO3/c1-15(2)8-9(6-7-21-15)18-11-5-4-10(14(19)20-3)12(16)13(11)17/h4-5,9,18H,6-8H2,1-3H3. The normalized spacial score (nSPS) is 20.9. The van der Waals surface area contributed by atoms with Gasteiger partial charge in [0.05, 0.1) is 24.0 Å². The molecule has 0 aliphatic carbocycles. The van der Waals surface area contributed by atoms with Gasteiger partial charge in [-0.15, -0.1) is 0 Å². The van der Waals surface area contributed by atoms with E-state index in [0.717, 1.165) is 7.11 Å². The number of hydrogen-bond donors (Lipinski definition) is 1. The highest BCUT2D eigenvalue weighted by atomic mass is 19.2. The number of carbonyl (C=O) groups excluding carboxylic acids is 1. The molecule has 1 aromatic rings. The van der Waals surface area contributed by atoms with E-state index in [0.29, 0.717) is 19.4 Å². The van der Waals surface area contributed by atoms with Gasteiger partial charge in [-0.25, -0.2) is 13.6 Å². The van der Waals surface area contributed by atoms with E-state index < -0.39 is 23.2 Å². The Morgan fingerprint density at radius 3 is 2.71 bits per heavy atom. The quantitative estimate of drug-likeness (QED) is 0.871. The topological polar surface area (TPSA) is 47.6 Å². The third-order valence-electron chi connectivity index (χ3n) is 3.54. The first-order valence-corrected chi connectivity index (χ1v) is 6.81. The van der Waals surface area contributed by atoms with Crippen LogP contribution in [0.15, 0.2) is 12.1 Å². The van der Waals surface area contributed by atoms with Gasteiger partial charge in [0.15, 0.2) is 11.6 Å². The number of ether oxygens (including phenoxy) is 2. The molecule has 21 heavy (non-hydrogen) atoms. The second-order valence-corrected chi connectivity index (χ2v) is 5.72. The van der Waals surface area contributed by atoms with Gasteiger partial charge in [-0.2, -0.15) is 0 Å². The van der Waals surface area contributed by atoms with Crippen molar-refractivity contribution < 1.29 is 23.0 Å². The number of hydrogen-bond acceptors (Lipinski definition) is 4. The highest BCUT2D eigenvalue weighted by Crippen LogP contribution is 2.28. The highest BCUT2D eigenvalue weighted by Gasteiger charge is 2.29. The number of benzene rings is 1. The third-order valence-corrected chi connectivity index (χ3v) is 3.54. The Bertz CT molecular complexity index is 546. The van der Waals surface area contributed by atoms with Crippen molar-refractivity contribution in [2.75, 3.05) is 19.0 Å². The van der Waals surface area contributed by atoms with E-state index in [4.69, 9.17) is 4.74 Å². The summed E-state index contributed by atoms with van der Waals surface area (Å²) in [5, 5.41) is 2.98. The Balaban J connectivity index is 2.18. The molecule has 0 saturated carbocycles. The summed E-state index contributed by atoms with van der Waals surface area (Å²) in [6.07, 6.45) is 1.40. The Kier molecular flexibility index (Phi) is 4.46. The van der Waals surface area contributed by atoms with Crippen molar-refractivity contribution in [1.29, 1.82) is 0 Å². The molecule has 0 aromatic heterocycles. The third kappa shape index (κ3) is 3.50. The zero-order valence-electron chi connectivity index (χ0n) is 12.3. The lowest BCUT2D eigenvalue weighted by atomic mass is 9.93. The maximum Gasteiger partial charge on any atom is 0.340 e. The SMILES string of the molecule is COC(=O)c1ccc(NC2CCOC(C)(C)C2)c(F)c1F. The Hall–Kier alpha value is -1.69. The molecule has 1 atom stereocenters. The molecule has 2 rings (SSSR count). The largest absolute Gasteiger partial charge is 0.465 e. The van der Waals surface area contributed by atoms with E-state index in [1.54, 1.807) is 0 Å². The molecule has 0 radical (unpaired) electrons. The molecular formula is C15H19F2NO3. The number of carbonyl (C=O) groups is 1. The van der Waals surface area contributed by atoms with Crippen molar-refractivity contribution in [2.24, 2.45) is 0 Å². The van der Waals surface area contributed by atoms with Crippen LogP contribution in [0.5, 0.6) is 0 Å². The van der Waals surface area contributed by atoms with E-state index in [9.17, 15) is 13.6 Å². The Morgan fingerprint density at radius 1 is 1.38 bits per heavy atom. The van der Waals surface area contributed by atoms with Gasteiger partial charge < -0.3 is 14.8 Å². The van der Waals surface area contributed by atoms with Crippen LogP contribution in [-0.2, 0) is 9.47 Å². The number of anilines is 1. The minimum atomic E-state index is -1.20. The Labute approximate surface area is 122 Å². The van der Waals surface area contributed by atoms with Gasteiger partial charge in [0.2, 0.25) is 0 Å². The lowest BCUT2D eigenvalue weighted by molar-refractivity contribution is -0.0553. The fourth-order valence-corrected chi connectivity index (χ4v) is 2.50. The lowest BCUT2D eigenvalue weighted by Crippen LogP contribution is -2.40. The van der Waals surface area contributed by atoms with Crippen LogP contribution in [0.25, 0.3) is 0 Å². The molecule has 1 heterocycles. The summed E-state index contributed by atoms with van der Waals surface area (Å²) >= 11 is 0. The van der Waals surface area contributed by atoms with Gasteiger partial charge in [0.1, 0.15) is 0 Å². The number of rotatable bonds is 3. The minimum absolute atomic E-state index is 0.00775. The van der Waals surface area contributed by atoms with Crippen LogP contribution in [0, 0.1) is 11.6 Å². The molecule has 6 heteroatoms. The summed E-state index contributed by atoms with van der Waals surface area (Å²) in [6.45, 7) is 4.48. The van der Waals surface area contributed by atoms with Crippen LogP contribution < -0.4 is 5.32 Å². The van der Waals surface area contributed by atoms with Crippen LogP contribution in [0.4, 0.5) is 14.5 Å². The van der Waals surface area contributed by atoms with Crippen molar-refractivity contribution >= 4 is 11.7 Å². The first-order valence-electron chi connectivity index (χ1n) is 6.81. The summed E-state index contributed by atoms with van der Waals surface area (Å²) < 4.78 is 37.9. The van der Waals surface area contributed by atoms with Crippen LogP contribution in [0.1, 0.15) is 37.0 Å². The predicted molar refractivity (Wildman–Crippen MR) is 74.4 cm³/mol. The lowest BCUT2D eigenvalue weighted by Gasteiger charge is -2.36. The van der Waals surface area contributed by atoms with Crippen LogP contribution in [-0.4, -0.2) is 31.3 Å². The summed E-state index contributed by atoms with van der Waals surface area (Å²) in [5.74, 6) is -3.16. The van der Waals surface area contributed by atoms with Gasteiger partial charge in [-0.3, -0.25) is 0 Å². The van der Waals surface area contributed by atoms with E-state index >= 15 is 0 Å². The van der Waals surface area contributed by atoms with Crippen molar-refractivity contribution in [3.05, 3.63) is 29.3 Å². The van der Waals surface area contributed by atoms with Crippen molar-refractivity contribution in [3.63, 3.8) is 0 Å². The van der Waals surface area contributed by atoms with Gasteiger partial charge in [0, 0.05) is 12.6 Å². The fourth-order valence-electron chi connectivity index (χ4n) is 2.50. The van der Waals surface area contributed by atoms with Gasteiger partial charge >= 0.3 is 5.97 Å². The molecule has 116 valence electrons. The molecule has 0 amide bonds. The first-order chi connectivity index (χ1) is 9.84. The molecule has 0 spiro atoms. The second kappa shape index (κ2) is 5.97. The summed E-state index contributed by atoms with van der Waals surface area (Å²) in [7, 11) is 1.12. The molecule has 0 bridgehead atoms. The fraction of sp³-hybridized carbons (Fsp3) is 0.533. The molecule has 1 N–H and O–H groups in total. The number of esters is 1. The summed E-state index contributed by atoms with van der Waals surface area (Å²) in [6, 6.07) is 2.57. The molecule has 1 saturated heterocycles. The van der Waals surface area contributed by atoms with Gasteiger partial charge in [0.25, 0.3) is 0 Å². The smallest absolute Gasteiger partial charge is 0.340 e. The van der Waals surface area contributed by atoms with Crippen molar-refractivity contribution in [3.8, 4) is 0 Å². The van der Waals surface area contributed by atoms with Crippen LogP contribution in [0.2, 0.25) is 0 Å². The number of halogens is 2. The zero-order valence-corrected chi connectivity index (χ0v) is 12.3. The van der Waals surface area contributed by atoms with Crippen molar-refractivity contribution in [2.45, 2.75) is 38.3 Å². The van der Waals surface area contributed by atoms with Crippen molar-refractivity contribution in [1.82, 2.24) is 0 Å². The summed E-state index contributed by atoms with van der Waals surface area (Å²) in [4.78, 5) is 11.3. The Morgan fingerprint density at radius 2 is 2.10 bits per heavy atom. The number of nitrogens with one attached hydrogen (secondary N) is 1. The molecule has 1 aliphatic heterocycles. The number of methoxy groups -OCH3 is 1. The molecule has 1 unspecified atom stereocenters. The average Bonchev–Trinajstić information content (AvgIpc) is 2.42.